The third kappa shape index (κ3) is 3.40. The van der Waals surface area contributed by atoms with Crippen LogP contribution in [0.2, 0.25) is 0 Å². The van der Waals surface area contributed by atoms with Gasteiger partial charge in [0.1, 0.15) is 0 Å². The summed E-state index contributed by atoms with van der Waals surface area (Å²) in [7, 11) is -3.12. The summed E-state index contributed by atoms with van der Waals surface area (Å²) in [4.78, 5) is 2.36. The normalized spacial score (nSPS) is 28.6. The molecule has 2 unspecified atom stereocenters. The van der Waals surface area contributed by atoms with Gasteiger partial charge in [0, 0.05) is 19.1 Å². The fourth-order valence-corrected chi connectivity index (χ4v) is 4.03. The van der Waals surface area contributed by atoms with E-state index in [-0.39, 0.29) is 5.25 Å². The number of hydrogen-bond acceptors (Lipinski definition) is 4. The third-order valence-electron chi connectivity index (χ3n) is 3.80. The van der Waals surface area contributed by atoms with E-state index in [4.69, 9.17) is 0 Å². The van der Waals surface area contributed by atoms with Crippen LogP contribution in [0.4, 0.5) is 0 Å². The predicted octanol–water partition coefficient (Wildman–Crippen LogP) is -0.248. The van der Waals surface area contributed by atoms with Crippen LogP contribution in [0.25, 0.3) is 0 Å². The molecule has 2 atom stereocenters. The number of likely N-dealkylation sites (tertiary alicyclic amines) is 1. The molecule has 2 rings (SSSR count). The molecule has 2 fully saturated rings. The lowest BCUT2D eigenvalue weighted by Gasteiger charge is -2.24. The monoisotopic (exact) mass is 261 g/mol. The van der Waals surface area contributed by atoms with Gasteiger partial charge < -0.3 is 5.32 Å². The Bertz CT molecular complexity index is 333. The van der Waals surface area contributed by atoms with E-state index in [1.807, 2.05) is 0 Å². The summed E-state index contributed by atoms with van der Waals surface area (Å²) >= 11 is 0. The molecule has 2 saturated heterocycles. The molecule has 0 bridgehead atoms. The Balaban J connectivity index is 1.80. The second-order valence-corrected chi connectivity index (χ2v) is 7.15. The fourth-order valence-electron chi connectivity index (χ4n) is 2.56. The van der Waals surface area contributed by atoms with Crippen LogP contribution >= 0.6 is 0 Å². The van der Waals surface area contributed by atoms with Crippen molar-refractivity contribution in [2.75, 3.05) is 32.7 Å². The van der Waals surface area contributed by atoms with Crippen molar-refractivity contribution in [1.29, 1.82) is 0 Å². The zero-order valence-electron chi connectivity index (χ0n) is 10.5. The summed E-state index contributed by atoms with van der Waals surface area (Å²) in [5.41, 5.74) is 0. The lowest BCUT2D eigenvalue weighted by atomic mass is 10.3. The Labute approximate surface area is 104 Å². The van der Waals surface area contributed by atoms with Gasteiger partial charge in [0.05, 0.1) is 5.25 Å². The summed E-state index contributed by atoms with van der Waals surface area (Å²) in [6.07, 6.45) is 3.21. The standard InChI is InChI=1S/C11H23N3O2S/c1-10(14-6-2-3-7-14)8-13-17(15,16)11-4-5-12-9-11/h10-13H,2-9H2,1H3. The van der Waals surface area contributed by atoms with Crippen molar-refractivity contribution in [3.8, 4) is 0 Å². The van der Waals surface area contributed by atoms with E-state index in [2.05, 4.69) is 21.9 Å². The SMILES string of the molecule is CC(CNS(=O)(=O)C1CCNC1)N1CCCC1. The van der Waals surface area contributed by atoms with Crippen molar-refractivity contribution < 1.29 is 8.42 Å². The van der Waals surface area contributed by atoms with Crippen LogP contribution in [-0.2, 0) is 10.0 Å². The van der Waals surface area contributed by atoms with Crippen LogP contribution in [0, 0.1) is 0 Å². The molecule has 0 spiro atoms. The Hall–Kier alpha value is -0.170. The first-order valence-electron chi connectivity index (χ1n) is 6.53. The molecular weight excluding hydrogens is 238 g/mol. The summed E-state index contributed by atoms with van der Waals surface area (Å²) in [6, 6.07) is 0.307. The molecule has 17 heavy (non-hydrogen) atoms. The quantitative estimate of drug-likeness (QED) is 0.716. The van der Waals surface area contributed by atoms with Gasteiger partial charge in [-0.1, -0.05) is 0 Å². The second-order valence-electron chi connectivity index (χ2n) is 5.10. The molecule has 100 valence electrons. The molecule has 2 aliphatic rings. The second kappa shape index (κ2) is 5.65. The molecule has 0 aromatic rings. The average Bonchev–Trinajstić information content (AvgIpc) is 2.97. The van der Waals surface area contributed by atoms with E-state index in [9.17, 15) is 8.42 Å². The van der Waals surface area contributed by atoms with Gasteiger partial charge in [-0.25, -0.2) is 13.1 Å². The van der Waals surface area contributed by atoms with Crippen LogP contribution in [0.3, 0.4) is 0 Å². The summed E-state index contributed by atoms with van der Waals surface area (Å²) in [5, 5.41) is 2.85. The molecule has 2 N–H and O–H groups in total. The lowest BCUT2D eigenvalue weighted by molar-refractivity contribution is 0.259. The first kappa shape index (κ1) is 13.3. The topological polar surface area (TPSA) is 61.4 Å². The molecule has 0 amide bonds. The van der Waals surface area contributed by atoms with Gasteiger partial charge in [0.2, 0.25) is 10.0 Å². The highest BCUT2D eigenvalue weighted by Gasteiger charge is 2.29. The maximum atomic E-state index is 12.0. The molecule has 0 saturated carbocycles. The molecular formula is C11H23N3O2S. The molecule has 2 heterocycles. The van der Waals surface area contributed by atoms with Crippen LogP contribution in [0.5, 0.6) is 0 Å². The van der Waals surface area contributed by atoms with E-state index < -0.39 is 10.0 Å². The lowest BCUT2D eigenvalue weighted by Crippen LogP contribution is -2.44. The van der Waals surface area contributed by atoms with Crippen molar-refractivity contribution in [2.24, 2.45) is 0 Å². The molecule has 0 aliphatic carbocycles. The van der Waals surface area contributed by atoms with Crippen molar-refractivity contribution in [3.05, 3.63) is 0 Å². The van der Waals surface area contributed by atoms with E-state index in [0.29, 0.717) is 19.1 Å². The highest BCUT2D eigenvalue weighted by Crippen LogP contribution is 2.12. The number of hydrogen-bond donors (Lipinski definition) is 2. The molecule has 2 aliphatic heterocycles. The minimum absolute atomic E-state index is 0.242. The highest BCUT2D eigenvalue weighted by molar-refractivity contribution is 7.90. The van der Waals surface area contributed by atoms with Crippen LogP contribution in [0.15, 0.2) is 0 Å². The third-order valence-corrected chi connectivity index (χ3v) is 5.65. The van der Waals surface area contributed by atoms with Gasteiger partial charge in [0.15, 0.2) is 0 Å². The van der Waals surface area contributed by atoms with Gasteiger partial charge >= 0.3 is 0 Å². The van der Waals surface area contributed by atoms with Crippen LogP contribution in [-0.4, -0.2) is 57.3 Å². The number of nitrogens with zero attached hydrogens (tertiary/aromatic N) is 1. The van der Waals surface area contributed by atoms with Gasteiger partial charge in [-0.3, -0.25) is 4.90 Å². The van der Waals surface area contributed by atoms with E-state index in [1.165, 1.54) is 12.8 Å². The average molecular weight is 261 g/mol. The Morgan fingerprint density at radius 3 is 2.71 bits per heavy atom. The smallest absolute Gasteiger partial charge is 0.215 e. The molecule has 6 heteroatoms. The summed E-state index contributed by atoms with van der Waals surface area (Å²) < 4.78 is 26.7. The maximum Gasteiger partial charge on any atom is 0.215 e. The van der Waals surface area contributed by atoms with Crippen LogP contribution in [0.1, 0.15) is 26.2 Å². The first-order chi connectivity index (χ1) is 8.09. The molecule has 0 radical (unpaired) electrons. The molecule has 0 aromatic carbocycles. The largest absolute Gasteiger partial charge is 0.315 e. The van der Waals surface area contributed by atoms with Crippen molar-refractivity contribution in [1.82, 2.24) is 14.9 Å². The van der Waals surface area contributed by atoms with Crippen molar-refractivity contribution >= 4 is 10.0 Å². The van der Waals surface area contributed by atoms with E-state index in [1.54, 1.807) is 0 Å². The van der Waals surface area contributed by atoms with Gasteiger partial charge in [-0.05, 0) is 45.8 Å². The highest BCUT2D eigenvalue weighted by atomic mass is 32.2. The Morgan fingerprint density at radius 1 is 1.41 bits per heavy atom. The number of rotatable bonds is 5. The van der Waals surface area contributed by atoms with Gasteiger partial charge in [-0.15, -0.1) is 0 Å². The minimum Gasteiger partial charge on any atom is -0.315 e. The summed E-state index contributed by atoms with van der Waals surface area (Å²) in [6.45, 7) is 6.25. The zero-order chi connectivity index (χ0) is 12.3. The number of sulfonamides is 1. The van der Waals surface area contributed by atoms with E-state index in [0.717, 1.165) is 26.1 Å². The fraction of sp³-hybridized carbons (Fsp3) is 1.00. The van der Waals surface area contributed by atoms with Crippen molar-refractivity contribution in [3.63, 3.8) is 0 Å². The Kier molecular flexibility index (Phi) is 4.41. The summed E-state index contributed by atoms with van der Waals surface area (Å²) in [5.74, 6) is 0. The minimum atomic E-state index is -3.12. The molecule has 0 aromatic heterocycles. The number of nitrogens with one attached hydrogen (secondary N) is 2. The van der Waals surface area contributed by atoms with Gasteiger partial charge in [0.25, 0.3) is 0 Å². The van der Waals surface area contributed by atoms with Gasteiger partial charge in [-0.2, -0.15) is 0 Å². The zero-order valence-corrected chi connectivity index (χ0v) is 11.3. The van der Waals surface area contributed by atoms with E-state index >= 15 is 0 Å². The van der Waals surface area contributed by atoms with Crippen LogP contribution < -0.4 is 10.0 Å². The first-order valence-corrected chi connectivity index (χ1v) is 8.07. The molecule has 5 nitrogen and oxygen atoms in total. The van der Waals surface area contributed by atoms with Crippen molar-refractivity contribution in [2.45, 2.75) is 37.5 Å². The Morgan fingerprint density at radius 2 is 2.12 bits per heavy atom. The maximum absolute atomic E-state index is 12.0. The predicted molar refractivity (Wildman–Crippen MR) is 68.5 cm³/mol.